The molecular formula is C15H16FN3O. The molecule has 0 bridgehead atoms. The van der Waals surface area contributed by atoms with Crippen LogP contribution >= 0.6 is 0 Å². The van der Waals surface area contributed by atoms with Crippen LogP contribution in [-0.2, 0) is 13.1 Å². The number of nitrogens with two attached hydrogens (primary N) is 1. The van der Waals surface area contributed by atoms with Crippen molar-refractivity contribution in [3.8, 4) is 0 Å². The lowest BCUT2D eigenvalue weighted by molar-refractivity contribution is 0.0950. The van der Waals surface area contributed by atoms with Gasteiger partial charge in [0, 0.05) is 30.5 Å². The van der Waals surface area contributed by atoms with Crippen LogP contribution in [0.3, 0.4) is 0 Å². The zero-order valence-electron chi connectivity index (χ0n) is 11.2. The van der Waals surface area contributed by atoms with Crippen LogP contribution in [0.2, 0.25) is 0 Å². The van der Waals surface area contributed by atoms with Gasteiger partial charge < -0.3 is 11.1 Å². The van der Waals surface area contributed by atoms with E-state index in [-0.39, 0.29) is 18.3 Å². The van der Waals surface area contributed by atoms with Gasteiger partial charge in [0.1, 0.15) is 5.82 Å². The summed E-state index contributed by atoms with van der Waals surface area (Å²) in [6, 6.07) is 8.20. The van der Waals surface area contributed by atoms with E-state index in [9.17, 15) is 9.18 Å². The van der Waals surface area contributed by atoms with Crippen molar-refractivity contribution >= 4 is 5.91 Å². The van der Waals surface area contributed by atoms with E-state index in [2.05, 4.69) is 10.3 Å². The van der Waals surface area contributed by atoms with Gasteiger partial charge in [-0.25, -0.2) is 4.39 Å². The first kappa shape index (κ1) is 14.1. The van der Waals surface area contributed by atoms with Gasteiger partial charge in [0.15, 0.2) is 0 Å². The standard InChI is InChI=1S/C15H16FN3O/c1-10-2-4-13(9-18-10)15(20)19-8-12-5-3-11(7-17)6-14(12)16/h2-6,9H,7-8,17H2,1H3,(H,19,20). The number of aryl methyl sites for hydroxylation is 1. The third-order valence-corrected chi connectivity index (χ3v) is 2.97. The highest BCUT2D eigenvalue weighted by Crippen LogP contribution is 2.10. The Kier molecular flexibility index (Phi) is 4.42. The number of carbonyl (C=O) groups excluding carboxylic acids is 1. The van der Waals surface area contributed by atoms with E-state index < -0.39 is 0 Å². The number of aromatic nitrogens is 1. The maximum absolute atomic E-state index is 13.7. The van der Waals surface area contributed by atoms with Crippen molar-refractivity contribution in [3.05, 3.63) is 64.7 Å². The number of nitrogens with one attached hydrogen (secondary N) is 1. The number of rotatable bonds is 4. The Hall–Kier alpha value is -2.27. The predicted octanol–water partition coefficient (Wildman–Crippen LogP) is 1.92. The number of benzene rings is 1. The highest BCUT2D eigenvalue weighted by atomic mass is 19.1. The molecule has 0 saturated heterocycles. The summed E-state index contributed by atoms with van der Waals surface area (Å²) in [7, 11) is 0. The second-order valence-electron chi connectivity index (χ2n) is 4.50. The summed E-state index contributed by atoms with van der Waals surface area (Å²) in [4.78, 5) is 15.9. The minimum absolute atomic E-state index is 0.128. The van der Waals surface area contributed by atoms with Gasteiger partial charge >= 0.3 is 0 Å². The number of hydrogen-bond donors (Lipinski definition) is 2. The Morgan fingerprint density at radius 1 is 1.35 bits per heavy atom. The van der Waals surface area contributed by atoms with Crippen LogP contribution in [0, 0.1) is 12.7 Å². The average Bonchev–Trinajstić information content (AvgIpc) is 2.46. The molecule has 104 valence electrons. The largest absolute Gasteiger partial charge is 0.348 e. The van der Waals surface area contributed by atoms with Gasteiger partial charge in [-0.05, 0) is 30.7 Å². The van der Waals surface area contributed by atoms with Crippen molar-refractivity contribution in [1.29, 1.82) is 0 Å². The molecule has 4 nitrogen and oxygen atoms in total. The van der Waals surface area contributed by atoms with Crippen molar-refractivity contribution in [1.82, 2.24) is 10.3 Å². The monoisotopic (exact) mass is 273 g/mol. The van der Waals surface area contributed by atoms with Crippen molar-refractivity contribution in [2.45, 2.75) is 20.0 Å². The molecule has 1 aromatic heterocycles. The maximum atomic E-state index is 13.7. The van der Waals surface area contributed by atoms with Crippen LogP contribution in [0.1, 0.15) is 27.2 Å². The summed E-state index contributed by atoms with van der Waals surface area (Å²) >= 11 is 0. The van der Waals surface area contributed by atoms with Gasteiger partial charge in [-0.1, -0.05) is 12.1 Å². The summed E-state index contributed by atoms with van der Waals surface area (Å²) < 4.78 is 13.7. The second-order valence-corrected chi connectivity index (χ2v) is 4.50. The van der Waals surface area contributed by atoms with E-state index in [1.807, 2.05) is 6.92 Å². The number of amides is 1. The predicted molar refractivity (Wildman–Crippen MR) is 74.4 cm³/mol. The quantitative estimate of drug-likeness (QED) is 0.894. The van der Waals surface area contributed by atoms with Crippen LogP contribution in [0.5, 0.6) is 0 Å². The van der Waals surface area contributed by atoms with E-state index in [0.717, 1.165) is 11.3 Å². The molecule has 2 rings (SSSR count). The van der Waals surface area contributed by atoms with Gasteiger partial charge in [-0.2, -0.15) is 0 Å². The lowest BCUT2D eigenvalue weighted by Gasteiger charge is -2.07. The van der Waals surface area contributed by atoms with Crippen molar-refractivity contribution in [2.24, 2.45) is 5.73 Å². The van der Waals surface area contributed by atoms with E-state index in [4.69, 9.17) is 5.73 Å². The van der Waals surface area contributed by atoms with Gasteiger partial charge in [0.2, 0.25) is 0 Å². The highest BCUT2D eigenvalue weighted by Gasteiger charge is 2.08. The molecule has 0 fully saturated rings. The third kappa shape index (κ3) is 3.39. The summed E-state index contributed by atoms with van der Waals surface area (Å²) in [5.41, 5.74) is 7.88. The maximum Gasteiger partial charge on any atom is 0.253 e. The Labute approximate surface area is 116 Å². The summed E-state index contributed by atoms with van der Waals surface area (Å²) in [5, 5.41) is 2.66. The molecular weight excluding hydrogens is 257 g/mol. The summed E-state index contributed by atoms with van der Waals surface area (Å²) in [6.45, 7) is 2.26. The van der Waals surface area contributed by atoms with E-state index >= 15 is 0 Å². The Morgan fingerprint density at radius 2 is 2.15 bits per heavy atom. The molecule has 0 aliphatic heterocycles. The Bertz CT molecular complexity index is 611. The van der Waals surface area contributed by atoms with Crippen LogP contribution in [0.15, 0.2) is 36.5 Å². The van der Waals surface area contributed by atoms with E-state index in [0.29, 0.717) is 17.7 Å². The molecule has 1 amide bonds. The lowest BCUT2D eigenvalue weighted by atomic mass is 10.1. The van der Waals surface area contributed by atoms with Crippen molar-refractivity contribution in [3.63, 3.8) is 0 Å². The molecule has 3 N–H and O–H groups in total. The first-order valence-corrected chi connectivity index (χ1v) is 6.28. The van der Waals surface area contributed by atoms with Crippen LogP contribution in [0.4, 0.5) is 4.39 Å². The second kappa shape index (κ2) is 6.25. The van der Waals surface area contributed by atoms with E-state index in [1.54, 1.807) is 24.3 Å². The number of nitrogens with zero attached hydrogens (tertiary/aromatic N) is 1. The molecule has 5 heteroatoms. The first-order valence-electron chi connectivity index (χ1n) is 6.28. The Balaban J connectivity index is 2.01. The Morgan fingerprint density at radius 3 is 2.75 bits per heavy atom. The SMILES string of the molecule is Cc1ccc(C(=O)NCc2ccc(CN)cc2F)cn1. The lowest BCUT2D eigenvalue weighted by Crippen LogP contribution is -2.23. The highest BCUT2D eigenvalue weighted by molar-refractivity contribution is 5.93. The molecule has 0 radical (unpaired) electrons. The fourth-order valence-electron chi connectivity index (χ4n) is 1.74. The molecule has 0 saturated carbocycles. The number of hydrogen-bond acceptors (Lipinski definition) is 3. The first-order chi connectivity index (χ1) is 9.60. The minimum atomic E-state index is -0.365. The normalized spacial score (nSPS) is 10.3. The molecule has 0 aliphatic carbocycles. The van der Waals surface area contributed by atoms with E-state index in [1.165, 1.54) is 12.3 Å². The molecule has 1 aromatic carbocycles. The van der Waals surface area contributed by atoms with Gasteiger partial charge in [-0.15, -0.1) is 0 Å². The van der Waals surface area contributed by atoms with Crippen LogP contribution in [-0.4, -0.2) is 10.9 Å². The third-order valence-electron chi connectivity index (χ3n) is 2.97. The molecule has 0 unspecified atom stereocenters. The average molecular weight is 273 g/mol. The molecule has 0 atom stereocenters. The summed E-state index contributed by atoms with van der Waals surface area (Å²) in [6.07, 6.45) is 1.50. The van der Waals surface area contributed by atoms with Crippen molar-refractivity contribution in [2.75, 3.05) is 0 Å². The number of halogens is 1. The van der Waals surface area contributed by atoms with Gasteiger partial charge in [-0.3, -0.25) is 9.78 Å². The van der Waals surface area contributed by atoms with Crippen LogP contribution < -0.4 is 11.1 Å². The number of pyridine rings is 1. The minimum Gasteiger partial charge on any atom is -0.348 e. The van der Waals surface area contributed by atoms with Gasteiger partial charge in [0.05, 0.1) is 5.56 Å². The zero-order valence-corrected chi connectivity index (χ0v) is 11.2. The molecule has 1 heterocycles. The van der Waals surface area contributed by atoms with Crippen molar-refractivity contribution < 1.29 is 9.18 Å². The smallest absolute Gasteiger partial charge is 0.253 e. The zero-order chi connectivity index (χ0) is 14.5. The summed E-state index contributed by atoms with van der Waals surface area (Å²) in [5.74, 6) is -0.643. The molecule has 20 heavy (non-hydrogen) atoms. The molecule has 0 aliphatic rings. The number of carbonyl (C=O) groups is 1. The fraction of sp³-hybridized carbons (Fsp3) is 0.200. The molecule has 0 spiro atoms. The molecule has 2 aromatic rings. The fourth-order valence-corrected chi connectivity index (χ4v) is 1.74. The van der Waals surface area contributed by atoms with Crippen LogP contribution in [0.25, 0.3) is 0 Å². The van der Waals surface area contributed by atoms with Gasteiger partial charge in [0.25, 0.3) is 5.91 Å². The topological polar surface area (TPSA) is 68.0 Å².